The number of amides is 1. The highest BCUT2D eigenvalue weighted by Crippen LogP contribution is 2.27. The number of fused-ring (bicyclic) bond motifs is 1. The molecule has 0 saturated carbocycles. The minimum Gasteiger partial charge on any atom is -0.450 e. The molecule has 1 amide bonds. The van der Waals surface area contributed by atoms with Crippen LogP contribution < -0.4 is 15.8 Å². The fourth-order valence-electron chi connectivity index (χ4n) is 3.84. The van der Waals surface area contributed by atoms with E-state index < -0.39 is 22.0 Å². The molecule has 0 atom stereocenters. The Labute approximate surface area is 240 Å². The number of aryl methyl sites for hydroxylation is 1. The molecule has 0 saturated heterocycles. The molecule has 4 aromatic rings. The first kappa shape index (κ1) is 30.1. The predicted molar refractivity (Wildman–Crippen MR) is 149 cm³/mol. The summed E-state index contributed by atoms with van der Waals surface area (Å²) in [6.07, 6.45) is 2.28. The average Bonchev–Trinajstić information content (AvgIpc) is 3.33. The zero-order valence-corrected chi connectivity index (χ0v) is 23.6. The molecule has 41 heavy (non-hydrogen) atoms. The lowest BCUT2D eigenvalue weighted by atomic mass is 10.1. The van der Waals surface area contributed by atoms with Gasteiger partial charge in [0, 0.05) is 32.1 Å². The van der Waals surface area contributed by atoms with Gasteiger partial charge in [0.2, 0.25) is 15.3 Å². The highest BCUT2D eigenvalue weighted by molar-refractivity contribution is 7.89. The van der Waals surface area contributed by atoms with Gasteiger partial charge in [0.1, 0.15) is 5.52 Å². The normalized spacial score (nSPS) is 12.0. The van der Waals surface area contributed by atoms with Crippen LogP contribution in [0.2, 0.25) is 5.28 Å². The Balaban J connectivity index is 1.17. The van der Waals surface area contributed by atoms with Gasteiger partial charge in [0.25, 0.3) is 5.92 Å². The molecule has 0 fully saturated rings. The van der Waals surface area contributed by atoms with Crippen molar-refractivity contribution in [1.82, 2.24) is 29.6 Å². The number of benzene rings is 2. The summed E-state index contributed by atoms with van der Waals surface area (Å²) in [7, 11) is -3.83. The van der Waals surface area contributed by atoms with E-state index in [9.17, 15) is 22.0 Å². The quantitative estimate of drug-likeness (QED) is 0.159. The Hall–Kier alpha value is -3.88. The molecule has 0 radical (unpaired) electrons. The molecule has 0 unspecified atom stereocenters. The molecule has 2 aromatic heterocycles. The van der Waals surface area contributed by atoms with E-state index in [1.54, 1.807) is 23.0 Å². The van der Waals surface area contributed by atoms with Gasteiger partial charge < -0.3 is 20.4 Å². The lowest BCUT2D eigenvalue weighted by Gasteiger charge is -2.12. The highest BCUT2D eigenvalue weighted by Gasteiger charge is 2.23. The predicted octanol–water partition coefficient (Wildman–Crippen LogP) is 4.36. The summed E-state index contributed by atoms with van der Waals surface area (Å²) < 4.78 is 61.3. The van der Waals surface area contributed by atoms with Crippen molar-refractivity contribution in [3.63, 3.8) is 0 Å². The number of rotatable bonds is 12. The van der Waals surface area contributed by atoms with Crippen LogP contribution in [0.25, 0.3) is 11.2 Å². The van der Waals surface area contributed by atoms with Gasteiger partial charge in [-0.1, -0.05) is 36.4 Å². The molecule has 15 heteroatoms. The molecule has 0 bridgehead atoms. The molecule has 4 N–H and O–H groups in total. The minimum absolute atomic E-state index is 0.0302. The van der Waals surface area contributed by atoms with Crippen LogP contribution in [0.3, 0.4) is 0 Å². The summed E-state index contributed by atoms with van der Waals surface area (Å²) in [5, 5.41) is 2.66. The van der Waals surface area contributed by atoms with Crippen molar-refractivity contribution < 1.29 is 26.7 Å². The SMILES string of the molecule is CC(F)(F)c1ccc(CNS(=O)(=O)c2ccc(CNC(=O)OCCCCn3cnc4c(N)nc(Cl)nc43)cc2)cc1. The topological polar surface area (TPSA) is 154 Å². The summed E-state index contributed by atoms with van der Waals surface area (Å²) in [6.45, 7) is 1.66. The molecule has 0 aliphatic rings. The maximum atomic E-state index is 13.3. The lowest BCUT2D eigenvalue weighted by Crippen LogP contribution is -2.25. The molecule has 2 aromatic carbocycles. The Kier molecular flexibility index (Phi) is 9.35. The van der Waals surface area contributed by atoms with Crippen LogP contribution in [0.4, 0.5) is 19.4 Å². The van der Waals surface area contributed by atoms with Crippen LogP contribution in [0.1, 0.15) is 36.5 Å². The fraction of sp³-hybridized carbons (Fsp3) is 0.308. The molecule has 2 heterocycles. The van der Waals surface area contributed by atoms with Gasteiger partial charge >= 0.3 is 6.09 Å². The van der Waals surface area contributed by atoms with Crippen LogP contribution in [0, 0.1) is 0 Å². The number of nitrogens with zero attached hydrogens (tertiary/aromatic N) is 4. The van der Waals surface area contributed by atoms with Crippen LogP contribution in [0.5, 0.6) is 0 Å². The van der Waals surface area contributed by atoms with Crippen molar-refractivity contribution in [2.75, 3.05) is 12.3 Å². The second-order valence-corrected chi connectivity index (χ2v) is 11.3. The number of halogens is 3. The van der Waals surface area contributed by atoms with Crippen molar-refractivity contribution in [3.8, 4) is 0 Å². The largest absolute Gasteiger partial charge is 0.450 e. The van der Waals surface area contributed by atoms with Crippen molar-refractivity contribution >= 4 is 44.7 Å². The van der Waals surface area contributed by atoms with E-state index in [1.165, 1.54) is 36.4 Å². The van der Waals surface area contributed by atoms with E-state index >= 15 is 0 Å². The zero-order valence-electron chi connectivity index (χ0n) is 22.0. The Morgan fingerprint density at radius 3 is 2.39 bits per heavy atom. The Bertz CT molecular complexity index is 1610. The van der Waals surface area contributed by atoms with Gasteiger partial charge in [-0.3, -0.25) is 0 Å². The number of alkyl halides is 2. The number of carbonyl (C=O) groups is 1. The Morgan fingerprint density at radius 2 is 1.71 bits per heavy atom. The van der Waals surface area contributed by atoms with Crippen LogP contribution >= 0.6 is 11.6 Å². The summed E-state index contributed by atoms with van der Waals surface area (Å²) in [5.74, 6) is -2.76. The number of ether oxygens (including phenoxy) is 1. The molecule has 0 spiro atoms. The third-order valence-corrected chi connectivity index (χ3v) is 7.67. The van der Waals surface area contributed by atoms with Gasteiger partial charge in [0.05, 0.1) is 17.8 Å². The maximum absolute atomic E-state index is 13.3. The molecule has 218 valence electrons. The maximum Gasteiger partial charge on any atom is 0.407 e. The first-order valence-corrected chi connectivity index (χ1v) is 14.4. The molecule has 4 rings (SSSR count). The number of imidazole rings is 1. The second-order valence-electron chi connectivity index (χ2n) is 9.24. The number of nitrogens with one attached hydrogen (secondary N) is 2. The van der Waals surface area contributed by atoms with E-state index in [4.69, 9.17) is 22.1 Å². The monoisotopic (exact) mass is 607 g/mol. The van der Waals surface area contributed by atoms with Gasteiger partial charge in [0.15, 0.2) is 11.5 Å². The van der Waals surface area contributed by atoms with Crippen molar-refractivity contribution in [1.29, 1.82) is 0 Å². The van der Waals surface area contributed by atoms with Crippen LogP contribution in [0.15, 0.2) is 59.8 Å². The number of hydrogen-bond acceptors (Lipinski definition) is 8. The van der Waals surface area contributed by atoms with Crippen molar-refractivity contribution in [3.05, 3.63) is 76.8 Å². The van der Waals surface area contributed by atoms with Gasteiger partial charge in [-0.25, -0.2) is 31.7 Å². The molecule has 0 aliphatic carbocycles. The first-order chi connectivity index (χ1) is 19.4. The minimum atomic E-state index is -3.83. The summed E-state index contributed by atoms with van der Waals surface area (Å²) in [4.78, 5) is 24.3. The smallest absolute Gasteiger partial charge is 0.407 e. The molecular formula is C26H28ClF2N7O4S. The number of nitrogens with two attached hydrogens (primary N) is 1. The second kappa shape index (κ2) is 12.7. The van der Waals surface area contributed by atoms with Crippen LogP contribution in [-0.4, -0.2) is 40.6 Å². The van der Waals surface area contributed by atoms with E-state index in [0.29, 0.717) is 41.7 Å². The molecular weight excluding hydrogens is 580 g/mol. The fourth-order valence-corrected chi connectivity index (χ4v) is 5.03. The average molecular weight is 608 g/mol. The summed E-state index contributed by atoms with van der Waals surface area (Å²) in [5.41, 5.74) is 7.87. The lowest BCUT2D eigenvalue weighted by molar-refractivity contribution is 0.0174. The third-order valence-electron chi connectivity index (χ3n) is 6.09. The van der Waals surface area contributed by atoms with E-state index in [0.717, 1.165) is 6.92 Å². The number of carbonyl (C=O) groups excluding carboxylic acids is 1. The van der Waals surface area contributed by atoms with Gasteiger partial charge in [-0.15, -0.1) is 0 Å². The van der Waals surface area contributed by atoms with E-state index in [1.807, 2.05) is 0 Å². The van der Waals surface area contributed by atoms with Gasteiger partial charge in [-0.05, 0) is 47.7 Å². The number of anilines is 1. The van der Waals surface area contributed by atoms with Crippen molar-refractivity contribution in [2.24, 2.45) is 0 Å². The highest BCUT2D eigenvalue weighted by atomic mass is 35.5. The molecule has 0 aliphatic heterocycles. The van der Waals surface area contributed by atoms with E-state index in [-0.39, 0.29) is 41.3 Å². The summed E-state index contributed by atoms with van der Waals surface area (Å²) in [6, 6.07) is 11.4. The number of hydrogen-bond donors (Lipinski definition) is 3. The number of unbranched alkanes of at least 4 members (excludes halogenated alkanes) is 1. The van der Waals surface area contributed by atoms with Crippen LogP contribution in [-0.2, 0) is 40.3 Å². The standard InChI is InChI=1S/C26H28ClF2N7O4S/c1-26(28,29)19-8-4-18(5-9-19)15-33-41(38,39)20-10-6-17(7-11-20)14-31-25(37)40-13-3-2-12-36-16-32-21-22(30)34-24(27)35-23(21)36/h4-11,16,33H,2-3,12-15H2,1H3,(H,31,37)(H2,30,34,35). The number of sulfonamides is 1. The number of aromatic nitrogens is 4. The Morgan fingerprint density at radius 1 is 1.05 bits per heavy atom. The van der Waals surface area contributed by atoms with E-state index in [2.05, 4.69) is 25.0 Å². The van der Waals surface area contributed by atoms with Gasteiger partial charge in [-0.2, -0.15) is 9.97 Å². The van der Waals surface area contributed by atoms with Crippen molar-refractivity contribution in [2.45, 2.75) is 50.2 Å². The first-order valence-electron chi connectivity index (χ1n) is 12.5. The number of nitrogen functional groups attached to an aromatic ring is 1. The number of alkyl carbamates (subject to hydrolysis) is 1. The summed E-state index contributed by atoms with van der Waals surface area (Å²) >= 11 is 5.87. The molecule has 11 nitrogen and oxygen atoms in total. The third kappa shape index (κ3) is 8.08. The zero-order chi connectivity index (χ0) is 29.6.